The first kappa shape index (κ1) is 15.1. The average Bonchev–Trinajstić information content (AvgIpc) is 2.42. The maximum atomic E-state index is 5.71. The summed E-state index contributed by atoms with van der Waals surface area (Å²) in [6.45, 7) is 3.01. The second-order valence-electron chi connectivity index (χ2n) is 4.73. The summed E-state index contributed by atoms with van der Waals surface area (Å²) in [6, 6.07) is 4.49. The number of halogens is 2. The van der Waals surface area contributed by atoms with E-state index in [1.807, 2.05) is 12.1 Å². The van der Waals surface area contributed by atoms with Crippen molar-refractivity contribution in [3.63, 3.8) is 0 Å². The normalized spacial score (nSPS) is 23.2. The number of anilines is 1. The van der Waals surface area contributed by atoms with Gasteiger partial charge in [0.15, 0.2) is 0 Å². The lowest BCUT2D eigenvalue weighted by molar-refractivity contribution is 0.00925. The summed E-state index contributed by atoms with van der Waals surface area (Å²) in [5, 5.41) is 3.59. The van der Waals surface area contributed by atoms with Crippen molar-refractivity contribution in [1.29, 1.82) is 0 Å². The summed E-state index contributed by atoms with van der Waals surface area (Å²) in [5.74, 6) is 0.838. The molecule has 1 fully saturated rings. The quantitative estimate of drug-likeness (QED) is 0.812. The number of hydrogen-bond donors (Lipinski definition) is 1. The highest BCUT2D eigenvalue weighted by Crippen LogP contribution is 2.35. The van der Waals surface area contributed by atoms with Gasteiger partial charge in [-0.05, 0) is 57.2 Å². The van der Waals surface area contributed by atoms with Gasteiger partial charge in [-0.2, -0.15) is 0 Å². The Balaban J connectivity index is 2.10. The molecule has 1 aromatic rings. The van der Waals surface area contributed by atoms with Crippen LogP contribution in [0.15, 0.2) is 21.1 Å². The minimum atomic E-state index is 0.377. The van der Waals surface area contributed by atoms with Crippen molar-refractivity contribution in [2.45, 2.75) is 38.3 Å². The Morgan fingerprint density at radius 1 is 1.37 bits per heavy atom. The highest BCUT2D eigenvalue weighted by Gasteiger charge is 2.22. The van der Waals surface area contributed by atoms with Crippen molar-refractivity contribution in [3.05, 3.63) is 21.1 Å². The average molecular weight is 393 g/mol. The zero-order chi connectivity index (χ0) is 13.8. The third-order valence-corrected chi connectivity index (χ3v) is 4.70. The molecule has 19 heavy (non-hydrogen) atoms. The third-order valence-electron chi connectivity index (χ3n) is 3.42. The molecule has 1 aliphatic rings. The van der Waals surface area contributed by atoms with Crippen molar-refractivity contribution < 1.29 is 9.47 Å². The Hall–Kier alpha value is -0.260. The molecule has 1 aliphatic heterocycles. The molecule has 2 atom stereocenters. The fourth-order valence-electron chi connectivity index (χ4n) is 2.31. The lowest BCUT2D eigenvalue weighted by atomic mass is 10.0. The molecule has 0 radical (unpaired) electrons. The molecule has 1 aromatic carbocycles. The first-order valence-corrected chi connectivity index (χ1v) is 8.13. The van der Waals surface area contributed by atoms with Gasteiger partial charge in [0.25, 0.3) is 0 Å². The SMILES string of the molecule is CCC1CC(Nc2cc(OC)c(Br)cc2Br)CCO1. The summed E-state index contributed by atoms with van der Waals surface area (Å²) in [5.41, 5.74) is 1.07. The van der Waals surface area contributed by atoms with Gasteiger partial charge >= 0.3 is 0 Å². The summed E-state index contributed by atoms with van der Waals surface area (Å²) in [7, 11) is 1.68. The van der Waals surface area contributed by atoms with E-state index < -0.39 is 0 Å². The maximum Gasteiger partial charge on any atom is 0.135 e. The Morgan fingerprint density at radius 3 is 2.84 bits per heavy atom. The van der Waals surface area contributed by atoms with E-state index in [1.54, 1.807) is 7.11 Å². The molecule has 0 amide bonds. The van der Waals surface area contributed by atoms with Crippen molar-refractivity contribution in [2.75, 3.05) is 19.0 Å². The van der Waals surface area contributed by atoms with Gasteiger partial charge in [0.1, 0.15) is 5.75 Å². The number of rotatable bonds is 4. The maximum absolute atomic E-state index is 5.71. The van der Waals surface area contributed by atoms with Crippen LogP contribution in [0.3, 0.4) is 0 Å². The predicted molar refractivity (Wildman–Crippen MR) is 85.1 cm³/mol. The molecule has 3 nitrogen and oxygen atoms in total. The van der Waals surface area contributed by atoms with Gasteiger partial charge in [-0.1, -0.05) is 6.92 Å². The molecule has 0 aromatic heterocycles. The number of methoxy groups -OCH3 is 1. The number of benzene rings is 1. The largest absolute Gasteiger partial charge is 0.495 e. The van der Waals surface area contributed by atoms with Gasteiger partial charge < -0.3 is 14.8 Å². The van der Waals surface area contributed by atoms with Crippen LogP contribution >= 0.6 is 31.9 Å². The van der Waals surface area contributed by atoms with E-state index >= 15 is 0 Å². The third kappa shape index (κ3) is 3.86. The van der Waals surface area contributed by atoms with E-state index in [0.717, 1.165) is 46.3 Å². The fraction of sp³-hybridized carbons (Fsp3) is 0.571. The summed E-state index contributed by atoms with van der Waals surface area (Å²) >= 11 is 7.07. The first-order chi connectivity index (χ1) is 9.13. The first-order valence-electron chi connectivity index (χ1n) is 6.55. The lowest BCUT2D eigenvalue weighted by Gasteiger charge is -2.30. The van der Waals surface area contributed by atoms with Gasteiger partial charge in [-0.25, -0.2) is 0 Å². The molecule has 1 N–H and O–H groups in total. The van der Waals surface area contributed by atoms with E-state index in [4.69, 9.17) is 9.47 Å². The van der Waals surface area contributed by atoms with Crippen LogP contribution in [0.1, 0.15) is 26.2 Å². The standard InChI is InChI=1S/C14H19Br2NO2/c1-3-10-6-9(4-5-19-10)17-13-8-14(18-2)12(16)7-11(13)15/h7-10,17H,3-6H2,1-2H3. The Labute approximate surface area is 131 Å². The highest BCUT2D eigenvalue weighted by molar-refractivity contribution is 9.11. The van der Waals surface area contributed by atoms with Crippen LogP contribution in [0.25, 0.3) is 0 Å². The van der Waals surface area contributed by atoms with Crippen molar-refractivity contribution in [1.82, 2.24) is 0 Å². The molecule has 0 aliphatic carbocycles. The summed E-state index contributed by atoms with van der Waals surface area (Å²) < 4.78 is 13.0. The van der Waals surface area contributed by atoms with E-state index in [0.29, 0.717) is 12.1 Å². The van der Waals surface area contributed by atoms with E-state index in [1.165, 1.54) is 0 Å². The van der Waals surface area contributed by atoms with Gasteiger partial charge in [-0.3, -0.25) is 0 Å². The zero-order valence-corrected chi connectivity index (χ0v) is 14.4. The van der Waals surface area contributed by atoms with E-state index in [9.17, 15) is 0 Å². The molecule has 1 heterocycles. The predicted octanol–water partition coefficient (Wildman–Crippen LogP) is 4.59. The number of hydrogen-bond acceptors (Lipinski definition) is 3. The molecule has 106 valence electrons. The van der Waals surface area contributed by atoms with Crippen LogP contribution < -0.4 is 10.1 Å². The van der Waals surface area contributed by atoms with Crippen LogP contribution in [0.2, 0.25) is 0 Å². The van der Waals surface area contributed by atoms with Gasteiger partial charge in [-0.15, -0.1) is 0 Å². The van der Waals surface area contributed by atoms with Crippen molar-refractivity contribution >= 4 is 37.5 Å². The fourth-order valence-corrected chi connectivity index (χ4v) is 3.58. The monoisotopic (exact) mass is 391 g/mol. The van der Waals surface area contributed by atoms with E-state index in [-0.39, 0.29) is 0 Å². The smallest absolute Gasteiger partial charge is 0.135 e. The Bertz CT molecular complexity index is 440. The molecule has 2 rings (SSSR count). The van der Waals surface area contributed by atoms with Gasteiger partial charge in [0.2, 0.25) is 0 Å². The van der Waals surface area contributed by atoms with Crippen LogP contribution in [-0.4, -0.2) is 25.9 Å². The second kappa shape index (κ2) is 6.95. The molecule has 0 spiro atoms. The summed E-state index contributed by atoms with van der Waals surface area (Å²) in [6.07, 6.45) is 3.55. The minimum Gasteiger partial charge on any atom is -0.495 e. The topological polar surface area (TPSA) is 30.5 Å². The molecule has 5 heteroatoms. The second-order valence-corrected chi connectivity index (χ2v) is 6.44. The summed E-state index contributed by atoms with van der Waals surface area (Å²) in [4.78, 5) is 0. The lowest BCUT2D eigenvalue weighted by Crippen LogP contribution is -2.33. The molecule has 0 bridgehead atoms. The zero-order valence-electron chi connectivity index (χ0n) is 11.2. The van der Waals surface area contributed by atoms with Gasteiger partial charge in [0.05, 0.1) is 23.4 Å². The molecule has 1 saturated heterocycles. The van der Waals surface area contributed by atoms with E-state index in [2.05, 4.69) is 44.1 Å². The number of ether oxygens (including phenoxy) is 2. The van der Waals surface area contributed by atoms with Gasteiger partial charge in [0, 0.05) is 23.2 Å². The van der Waals surface area contributed by atoms with Crippen LogP contribution in [0.4, 0.5) is 5.69 Å². The molecule has 2 unspecified atom stereocenters. The Morgan fingerprint density at radius 2 is 2.16 bits per heavy atom. The van der Waals surface area contributed by atoms with Crippen LogP contribution in [-0.2, 0) is 4.74 Å². The minimum absolute atomic E-state index is 0.377. The number of nitrogens with one attached hydrogen (secondary N) is 1. The Kier molecular flexibility index (Phi) is 5.54. The molecular formula is C14H19Br2NO2. The highest BCUT2D eigenvalue weighted by atomic mass is 79.9. The van der Waals surface area contributed by atoms with Crippen molar-refractivity contribution in [2.24, 2.45) is 0 Å². The molecule has 0 saturated carbocycles. The van der Waals surface area contributed by atoms with Crippen molar-refractivity contribution in [3.8, 4) is 5.75 Å². The molecular weight excluding hydrogens is 374 g/mol. The van der Waals surface area contributed by atoms with Crippen LogP contribution in [0.5, 0.6) is 5.75 Å². The van der Waals surface area contributed by atoms with Crippen LogP contribution in [0, 0.1) is 0 Å².